The molecule has 0 aromatic heterocycles. The summed E-state index contributed by atoms with van der Waals surface area (Å²) in [5, 5.41) is 0. The summed E-state index contributed by atoms with van der Waals surface area (Å²) < 4.78 is 0. The van der Waals surface area contributed by atoms with Gasteiger partial charge in [-0.2, -0.15) is 0 Å². The van der Waals surface area contributed by atoms with E-state index in [2.05, 4.69) is 0 Å². The Morgan fingerprint density at radius 2 is 0.776 bits per heavy atom. The second kappa shape index (κ2) is 16.8. The molecular weight excluding hydrogens is 628 g/mol. The molecule has 12 nitrogen and oxygen atoms in total. The molecule has 12 heteroatoms. The smallest absolute Gasteiger partial charge is 0.257 e. The third-order valence-electron chi connectivity index (χ3n) is 8.80. The fraction of sp³-hybridized carbons (Fsp3) is 0.568. The predicted octanol–water partition coefficient (Wildman–Crippen LogP) is 4.54. The Balaban J connectivity index is 0.000000228. The van der Waals surface area contributed by atoms with Crippen LogP contribution in [-0.4, -0.2) is 91.0 Å². The van der Waals surface area contributed by atoms with Crippen LogP contribution in [0.5, 0.6) is 0 Å². The Morgan fingerprint density at radius 3 is 1.02 bits per heavy atom. The molecule has 8 amide bonds. The van der Waals surface area contributed by atoms with Gasteiger partial charge in [-0.3, -0.25) is 58.0 Å². The normalized spacial score (nSPS) is 19.3. The molecule has 0 atom stereocenters. The molecule has 4 heterocycles. The molecule has 0 saturated heterocycles. The molecule has 5 rings (SSSR count). The van der Waals surface area contributed by atoms with Gasteiger partial charge >= 0.3 is 0 Å². The van der Waals surface area contributed by atoms with Crippen LogP contribution in [0.3, 0.4) is 0 Å². The lowest BCUT2D eigenvalue weighted by atomic mass is 9.93. The van der Waals surface area contributed by atoms with Crippen molar-refractivity contribution in [3.05, 3.63) is 45.6 Å². The molecule has 0 aromatic rings. The molecular formula is C37H52N4O8. The quantitative estimate of drug-likeness (QED) is 0.384. The fourth-order valence-electron chi connectivity index (χ4n) is 5.99. The van der Waals surface area contributed by atoms with E-state index in [9.17, 15) is 38.4 Å². The molecule has 0 spiro atoms. The Bertz CT molecular complexity index is 1490. The van der Waals surface area contributed by atoms with Crippen LogP contribution in [0.15, 0.2) is 45.6 Å². The van der Waals surface area contributed by atoms with Gasteiger partial charge in [-0.15, -0.1) is 0 Å². The van der Waals surface area contributed by atoms with Crippen molar-refractivity contribution in [1.29, 1.82) is 0 Å². The fourth-order valence-corrected chi connectivity index (χ4v) is 5.99. The Hall–Kier alpha value is -4.48. The molecule has 4 aliphatic heterocycles. The number of carbonyl (C=O) groups excluding carboxylic acids is 8. The van der Waals surface area contributed by atoms with Crippen molar-refractivity contribution in [2.24, 2.45) is 0 Å². The molecule has 0 saturated carbocycles. The van der Waals surface area contributed by atoms with Gasteiger partial charge in [0.1, 0.15) is 0 Å². The second-order valence-corrected chi connectivity index (χ2v) is 13.6. The molecule has 0 fully saturated rings. The van der Waals surface area contributed by atoms with E-state index in [1.54, 1.807) is 20.8 Å². The predicted molar refractivity (Wildman–Crippen MR) is 184 cm³/mol. The van der Waals surface area contributed by atoms with Crippen molar-refractivity contribution in [2.45, 2.75) is 139 Å². The first-order valence-electron chi connectivity index (χ1n) is 17.0. The van der Waals surface area contributed by atoms with Crippen molar-refractivity contribution >= 4 is 47.3 Å². The SMILES string of the molecule is CC(C)N1C(=O)C2=C(CCCC2)C1=O.CC(C)N1C(=O)C=CC1=O.CC1=C(C)C(=O)N(C(C)C)C1=O.CCC1=C(C)C(=O)N(C(C)C)C1=O. The van der Waals surface area contributed by atoms with Gasteiger partial charge in [-0.1, -0.05) is 6.92 Å². The number of hydrogen-bond acceptors (Lipinski definition) is 8. The molecule has 0 N–H and O–H groups in total. The summed E-state index contributed by atoms with van der Waals surface area (Å²) in [5.41, 5.74) is 4.01. The maximum Gasteiger partial charge on any atom is 0.257 e. The number of hydrogen-bond donors (Lipinski definition) is 0. The van der Waals surface area contributed by atoms with Crippen molar-refractivity contribution in [3.8, 4) is 0 Å². The monoisotopic (exact) mass is 680 g/mol. The highest BCUT2D eigenvalue weighted by atomic mass is 16.2. The Labute approximate surface area is 289 Å². The van der Waals surface area contributed by atoms with Gasteiger partial charge in [0.25, 0.3) is 47.3 Å². The molecule has 0 unspecified atom stereocenters. The van der Waals surface area contributed by atoms with Crippen LogP contribution >= 0.6 is 0 Å². The maximum absolute atomic E-state index is 11.8. The molecule has 0 aromatic carbocycles. The third kappa shape index (κ3) is 8.58. The van der Waals surface area contributed by atoms with E-state index in [1.807, 2.05) is 62.3 Å². The summed E-state index contributed by atoms with van der Waals surface area (Å²) in [6.45, 7) is 21.8. The van der Waals surface area contributed by atoms with Gasteiger partial charge in [-0.05, 0) is 108 Å². The summed E-state index contributed by atoms with van der Waals surface area (Å²) >= 11 is 0. The average Bonchev–Trinajstić information content (AvgIpc) is 3.64. The zero-order valence-corrected chi connectivity index (χ0v) is 31.1. The van der Waals surface area contributed by atoms with Crippen LogP contribution in [0.2, 0.25) is 0 Å². The van der Waals surface area contributed by atoms with E-state index in [0.29, 0.717) is 28.7 Å². The zero-order chi connectivity index (χ0) is 37.7. The zero-order valence-electron chi connectivity index (χ0n) is 31.1. The molecule has 0 bridgehead atoms. The largest absolute Gasteiger partial charge is 0.273 e. The lowest BCUT2D eigenvalue weighted by Gasteiger charge is -2.18. The van der Waals surface area contributed by atoms with Crippen LogP contribution in [0.1, 0.15) is 115 Å². The number of rotatable bonds is 5. The summed E-state index contributed by atoms with van der Waals surface area (Å²) in [6.07, 6.45) is 6.91. The van der Waals surface area contributed by atoms with Crippen LogP contribution in [-0.2, 0) is 38.4 Å². The average molecular weight is 681 g/mol. The van der Waals surface area contributed by atoms with Crippen LogP contribution in [0.4, 0.5) is 0 Å². The highest BCUT2D eigenvalue weighted by Crippen LogP contribution is 2.33. The van der Waals surface area contributed by atoms with E-state index in [1.165, 1.54) is 31.8 Å². The first-order valence-corrected chi connectivity index (χ1v) is 17.0. The minimum absolute atomic E-state index is 0.0133. The van der Waals surface area contributed by atoms with Gasteiger partial charge in [-0.25, -0.2) is 0 Å². The highest BCUT2D eigenvalue weighted by molar-refractivity contribution is 6.20. The van der Waals surface area contributed by atoms with Crippen molar-refractivity contribution in [3.63, 3.8) is 0 Å². The molecule has 268 valence electrons. The second-order valence-electron chi connectivity index (χ2n) is 13.6. The summed E-state index contributed by atoms with van der Waals surface area (Å²) in [5.74, 6) is -1.03. The van der Waals surface area contributed by atoms with Crippen molar-refractivity contribution < 1.29 is 38.4 Å². The van der Waals surface area contributed by atoms with Crippen molar-refractivity contribution in [2.75, 3.05) is 0 Å². The van der Waals surface area contributed by atoms with Gasteiger partial charge < -0.3 is 0 Å². The lowest BCUT2D eigenvalue weighted by Crippen LogP contribution is -2.37. The van der Waals surface area contributed by atoms with Gasteiger partial charge in [0.05, 0.1) is 0 Å². The Kier molecular flexibility index (Phi) is 13.9. The molecule has 1 aliphatic carbocycles. The van der Waals surface area contributed by atoms with Crippen LogP contribution in [0.25, 0.3) is 0 Å². The van der Waals surface area contributed by atoms with Gasteiger partial charge in [0.15, 0.2) is 0 Å². The summed E-state index contributed by atoms with van der Waals surface area (Å²) in [4.78, 5) is 96.7. The first kappa shape index (κ1) is 40.7. The number of imide groups is 4. The topological polar surface area (TPSA) is 150 Å². The van der Waals surface area contributed by atoms with E-state index in [-0.39, 0.29) is 71.4 Å². The van der Waals surface area contributed by atoms with Crippen molar-refractivity contribution in [1.82, 2.24) is 19.6 Å². The van der Waals surface area contributed by atoms with Crippen LogP contribution < -0.4 is 0 Å². The summed E-state index contributed by atoms with van der Waals surface area (Å²) in [7, 11) is 0. The first-order chi connectivity index (χ1) is 22.7. The third-order valence-corrected chi connectivity index (χ3v) is 8.80. The lowest BCUT2D eigenvalue weighted by molar-refractivity contribution is -0.141. The van der Waals surface area contributed by atoms with E-state index in [0.717, 1.165) is 36.8 Å². The standard InChI is InChI=1S/C11H15NO2.C10H15NO2.C9H13NO2.C7H9NO2/c1-7(2)12-10(13)8-5-3-4-6-9(8)11(12)14;1-5-8-7(4)9(12)11(6(2)3)10(8)13;1-5(2)10-8(11)6(3)7(4)9(10)12;1-5(2)8-6(9)3-4-7(8)10/h7H,3-6H2,1-2H3;6H,5H2,1-4H3;5H,1-4H3;3-5H,1-2H3. The minimum Gasteiger partial charge on any atom is -0.273 e. The van der Waals surface area contributed by atoms with Crippen LogP contribution in [0, 0.1) is 0 Å². The molecule has 0 radical (unpaired) electrons. The molecule has 49 heavy (non-hydrogen) atoms. The minimum atomic E-state index is -0.208. The number of nitrogens with zero attached hydrogens (tertiary/aromatic N) is 4. The van der Waals surface area contributed by atoms with E-state index >= 15 is 0 Å². The van der Waals surface area contributed by atoms with E-state index < -0.39 is 0 Å². The Morgan fingerprint density at radius 1 is 0.469 bits per heavy atom. The molecule has 5 aliphatic rings. The number of amides is 8. The number of carbonyl (C=O) groups is 8. The van der Waals surface area contributed by atoms with E-state index in [4.69, 9.17) is 0 Å². The van der Waals surface area contributed by atoms with Gasteiger partial charge in [0.2, 0.25) is 0 Å². The summed E-state index contributed by atoms with van der Waals surface area (Å²) in [6, 6.07) is -0.132. The maximum atomic E-state index is 11.8. The highest BCUT2D eigenvalue weighted by Gasteiger charge is 2.40. The van der Waals surface area contributed by atoms with Gasteiger partial charge in [0, 0.05) is 69.8 Å².